The second kappa shape index (κ2) is 10.4. The second-order valence-corrected chi connectivity index (χ2v) is 12.1. The number of thiazole rings is 1. The maximum atomic E-state index is 14.2. The van der Waals surface area contributed by atoms with E-state index in [4.69, 9.17) is 11.6 Å². The summed E-state index contributed by atoms with van der Waals surface area (Å²) >= 11 is 7.69. The smallest absolute Gasteiger partial charge is 0.245 e. The first-order valence-corrected chi connectivity index (χ1v) is 14.2. The van der Waals surface area contributed by atoms with Crippen LogP contribution in [-0.2, 0) is 21.4 Å². The lowest BCUT2D eigenvalue weighted by atomic mass is 9.96. The third-order valence-corrected chi connectivity index (χ3v) is 9.63. The summed E-state index contributed by atoms with van der Waals surface area (Å²) in [7, 11) is -4.16. The van der Waals surface area contributed by atoms with Crippen molar-refractivity contribution in [1.82, 2.24) is 9.29 Å². The minimum Gasteiger partial charge on any atom is -0.283 e. The molecule has 1 fully saturated rings. The molecule has 0 bridgehead atoms. The molecule has 3 aromatic carbocycles. The Bertz CT molecular complexity index is 1560. The Morgan fingerprint density at radius 3 is 2.46 bits per heavy atom. The van der Waals surface area contributed by atoms with E-state index in [1.165, 1.54) is 11.3 Å². The number of hydrogen-bond donors (Lipinski definition) is 0. The van der Waals surface area contributed by atoms with Gasteiger partial charge in [-0.25, -0.2) is 22.2 Å². The highest BCUT2D eigenvalue weighted by Gasteiger charge is 2.36. The van der Waals surface area contributed by atoms with E-state index in [0.29, 0.717) is 28.3 Å². The molecular weight excluding hydrogens is 540 g/mol. The van der Waals surface area contributed by atoms with Crippen LogP contribution in [0.25, 0.3) is 10.2 Å². The summed E-state index contributed by atoms with van der Waals surface area (Å²) in [6.45, 7) is 0.386. The first kappa shape index (κ1) is 25.7. The number of hydrogen-bond acceptors (Lipinski definition) is 5. The topological polar surface area (TPSA) is 70.6 Å². The first-order valence-electron chi connectivity index (χ1n) is 11.6. The third-order valence-electron chi connectivity index (χ3n) is 6.35. The summed E-state index contributed by atoms with van der Waals surface area (Å²) < 4.78 is 55.4. The van der Waals surface area contributed by atoms with E-state index >= 15 is 0 Å². The van der Waals surface area contributed by atoms with E-state index < -0.39 is 32.5 Å². The van der Waals surface area contributed by atoms with Gasteiger partial charge in [-0.15, -0.1) is 0 Å². The van der Waals surface area contributed by atoms with E-state index in [2.05, 4.69) is 4.98 Å². The van der Waals surface area contributed by atoms with E-state index in [9.17, 15) is 22.0 Å². The lowest BCUT2D eigenvalue weighted by molar-refractivity contribution is -0.123. The number of carbonyl (C=O) groups is 1. The molecule has 0 radical (unpaired) electrons. The number of amides is 1. The molecule has 11 heteroatoms. The zero-order valence-corrected chi connectivity index (χ0v) is 21.9. The highest BCUT2D eigenvalue weighted by molar-refractivity contribution is 7.89. The molecule has 37 heavy (non-hydrogen) atoms. The van der Waals surface area contributed by atoms with Crippen LogP contribution in [0, 0.1) is 17.6 Å². The molecule has 0 spiro atoms. The molecule has 2 heterocycles. The van der Waals surface area contributed by atoms with Crippen LogP contribution in [0.5, 0.6) is 0 Å². The van der Waals surface area contributed by atoms with Crippen LogP contribution in [0.1, 0.15) is 18.4 Å². The maximum absolute atomic E-state index is 14.2. The number of anilines is 1. The van der Waals surface area contributed by atoms with Crippen LogP contribution in [-0.4, -0.2) is 36.7 Å². The van der Waals surface area contributed by atoms with Gasteiger partial charge in [0.25, 0.3) is 0 Å². The molecule has 1 amide bonds. The van der Waals surface area contributed by atoms with Crippen molar-refractivity contribution in [2.75, 3.05) is 18.0 Å². The lowest BCUT2D eigenvalue weighted by Crippen LogP contribution is -2.44. The standard InChI is InChI=1S/C26H22ClF2N3O3S2/c27-20-7-4-8-22-24(20)30-26(36-22)32(16-17-5-2-1-3-6-17)25(33)18-11-13-31(14-12-18)37(34,35)23-10-9-19(28)15-21(23)29/h1-10,15,18H,11-14,16H2. The van der Waals surface area contributed by atoms with Crippen LogP contribution in [0.4, 0.5) is 13.9 Å². The Morgan fingerprint density at radius 2 is 1.78 bits per heavy atom. The maximum Gasteiger partial charge on any atom is 0.245 e. The number of rotatable bonds is 6. The Morgan fingerprint density at radius 1 is 1.05 bits per heavy atom. The predicted octanol–water partition coefficient (Wildman–Crippen LogP) is 5.86. The average molecular weight is 562 g/mol. The molecule has 0 atom stereocenters. The summed E-state index contributed by atoms with van der Waals surface area (Å²) in [6, 6.07) is 17.4. The molecule has 0 N–H and O–H groups in total. The number of halogens is 3. The summed E-state index contributed by atoms with van der Waals surface area (Å²) in [6.07, 6.45) is 0.523. The predicted molar refractivity (Wildman–Crippen MR) is 140 cm³/mol. The van der Waals surface area contributed by atoms with Crippen LogP contribution in [0.15, 0.2) is 71.6 Å². The molecule has 1 saturated heterocycles. The molecule has 1 aromatic heterocycles. The van der Waals surface area contributed by atoms with Gasteiger partial charge in [-0.2, -0.15) is 4.31 Å². The normalized spacial score (nSPS) is 15.2. The van der Waals surface area contributed by atoms with Gasteiger partial charge in [-0.3, -0.25) is 9.69 Å². The van der Waals surface area contributed by atoms with Gasteiger partial charge in [0, 0.05) is 25.1 Å². The van der Waals surface area contributed by atoms with Crippen LogP contribution >= 0.6 is 22.9 Å². The molecule has 0 aliphatic carbocycles. The summed E-state index contributed by atoms with van der Waals surface area (Å²) in [5.74, 6) is -2.60. The van der Waals surface area contributed by atoms with Gasteiger partial charge in [-0.1, -0.05) is 59.3 Å². The molecule has 5 rings (SSSR count). The number of sulfonamides is 1. The Hall–Kier alpha value is -2.92. The van der Waals surface area contributed by atoms with Gasteiger partial charge in [0.2, 0.25) is 15.9 Å². The SMILES string of the molecule is O=C(C1CCN(S(=O)(=O)c2ccc(F)cc2F)CC1)N(Cc1ccccc1)c1nc2c(Cl)cccc2s1. The molecule has 0 unspecified atom stereocenters. The Labute approximate surface area is 222 Å². The van der Waals surface area contributed by atoms with Crippen molar-refractivity contribution in [2.24, 2.45) is 5.92 Å². The number of benzene rings is 3. The zero-order valence-electron chi connectivity index (χ0n) is 19.5. The molecule has 192 valence electrons. The van der Waals surface area contributed by atoms with E-state index in [1.807, 2.05) is 42.5 Å². The van der Waals surface area contributed by atoms with Gasteiger partial charge in [-0.05, 0) is 42.7 Å². The highest BCUT2D eigenvalue weighted by Crippen LogP contribution is 2.35. The molecule has 0 saturated carbocycles. The summed E-state index contributed by atoms with van der Waals surface area (Å²) in [5.41, 5.74) is 1.55. The van der Waals surface area contributed by atoms with Gasteiger partial charge in [0.15, 0.2) is 5.13 Å². The fourth-order valence-electron chi connectivity index (χ4n) is 4.41. The molecule has 1 aliphatic heterocycles. The molecule has 4 aromatic rings. The summed E-state index contributed by atoms with van der Waals surface area (Å²) in [5, 5.41) is 1.01. The molecule has 1 aliphatic rings. The zero-order chi connectivity index (χ0) is 26.2. The van der Waals surface area contributed by atoms with E-state index in [-0.39, 0.29) is 31.8 Å². The number of aromatic nitrogens is 1. The molecular formula is C26H22ClF2N3O3S2. The van der Waals surface area contributed by atoms with Crippen LogP contribution in [0.2, 0.25) is 5.02 Å². The Kier molecular flexibility index (Phi) is 7.26. The first-order chi connectivity index (χ1) is 17.7. The largest absolute Gasteiger partial charge is 0.283 e. The van der Waals surface area contributed by atoms with Crippen molar-refractivity contribution >= 4 is 54.2 Å². The fraction of sp³-hybridized carbons (Fsp3) is 0.231. The van der Waals surface area contributed by atoms with Crippen molar-refractivity contribution in [3.05, 3.63) is 89.0 Å². The quantitative estimate of drug-likeness (QED) is 0.295. The van der Waals surface area contributed by atoms with Crippen LogP contribution in [0.3, 0.4) is 0 Å². The van der Waals surface area contributed by atoms with E-state index in [0.717, 1.165) is 26.7 Å². The van der Waals surface area contributed by atoms with Gasteiger partial charge in [0.05, 0.1) is 16.3 Å². The number of piperidine rings is 1. The van der Waals surface area contributed by atoms with Crippen molar-refractivity contribution in [2.45, 2.75) is 24.3 Å². The number of carbonyl (C=O) groups excluding carboxylic acids is 1. The third kappa shape index (κ3) is 5.24. The average Bonchev–Trinajstić information content (AvgIpc) is 3.33. The number of fused-ring (bicyclic) bond motifs is 1. The number of nitrogens with zero attached hydrogens (tertiary/aromatic N) is 3. The van der Waals surface area contributed by atoms with Crippen LogP contribution < -0.4 is 4.90 Å². The van der Waals surface area contributed by atoms with Crippen molar-refractivity contribution < 1.29 is 22.0 Å². The van der Waals surface area contributed by atoms with Crippen molar-refractivity contribution in [3.63, 3.8) is 0 Å². The second-order valence-electron chi connectivity index (χ2n) is 8.75. The van der Waals surface area contributed by atoms with E-state index in [1.54, 1.807) is 11.0 Å². The molecule has 6 nitrogen and oxygen atoms in total. The minimum atomic E-state index is -4.16. The Balaban J connectivity index is 1.38. The van der Waals surface area contributed by atoms with Gasteiger partial charge in [0.1, 0.15) is 22.0 Å². The van der Waals surface area contributed by atoms with Crippen molar-refractivity contribution in [1.29, 1.82) is 0 Å². The van der Waals surface area contributed by atoms with Crippen molar-refractivity contribution in [3.8, 4) is 0 Å². The van der Waals surface area contributed by atoms with Gasteiger partial charge >= 0.3 is 0 Å². The van der Waals surface area contributed by atoms with Gasteiger partial charge < -0.3 is 0 Å². The number of para-hydroxylation sites is 1. The lowest BCUT2D eigenvalue weighted by Gasteiger charge is -2.33. The fourth-order valence-corrected chi connectivity index (χ4v) is 7.20. The highest BCUT2D eigenvalue weighted by atomic mass is 35.5. The summed E-state index contributed by atoms with van der Waals surface area (Å²) in [4.78, 5) is 19.5. The monoisotopic (exact) mass is 561 g/mol. The minimum absolute atomic E-state index is 0.0421.